The van der Waals surface area contributed by atoms with E-state index in [1.54, 1.807) is 13.2 Å². The Hall–Kier alpha value is -3.41. The average Bonchev–Trinajstić information content (AvgIpc) is 3.72. The smallest absolute Gasteiger partial charge is 0.303 e. The second-order valence-electron chi connectivity index (χ2n) is 14.7. The van der Waals surface area contributed by atoms with Gasteiger partial charge in [-0.3, -0.25) is 14.5 Å². The van der Waals surface area contributed by atoms with Gasteiger partial charge in [0.1, 0.15) is 5.75 Å². The highest BCUT2D eigenvalue weighted by Gasteiger charge is 2.52. The number of fused-ring (bicyclic) bond motifs is 7. The van der Waals surface area contributed by atoms with E-state index in [1.807, 2.05) is 18.2 Å². The molecule has 0 radical (unpaired) electrons. The summed E-state index contributed by atoms with van der Waals surface area (Å²) in [6, 6.07) is 12.4. The van der Waals surface area contributed by atoms with Gasteiger partial charge in [0.2, 0.25) is 5.91 Å². The summed E-state index contributed by atoms with van der Waals surface area (Å²) in [4.78, 5) is 32.8. The molecule has 0 spiro atoms. The molecule has 252 valence electrons. The van der Waals surface area contributed by atoms with Crippen molar-refractivity contribution in [1.82, 2.24) is 23.4 Å². The van der Waals surface area contributed by atoms with Crippen molar-refractivity contribution in [3.05, 3.63) is 53.1 Å². The molecule has 1 N–H and O–H groups in total. The van der Waals surface area contributed by atoms with E-state index in [4.69, 9.17) is 4.74 Å². The van der Waals surface area contributed by atoms with Gasteiger partial charge in [-0.1, -0.05) is 32.3 Å². The van der Waals surface area contributed by atoms with Crippen molar-refractivity contribution in [2.45, 2.75) is 82.8 Å². The summed E-state index contributed by atoms with van der Waals surface area (Å²) in [7, 11) is 2.63. The first-order valence-corrected chi connectivity index (χ1v) is 18.4. The van der Waals surface area contributed by atoms with Gasteiger partial charge in [-0.05, 0) is 86.5 Å². The molecule has 1 aliphatic carbocycles. The van der Waals surface area contributed by atoms with E-state index in [0.29, 0.717) is 18.5 Å². The minimum atomic E-state index is -3.97. The molecule has 2 bridgehead atoms. The van der Waals surface area contributed by atoms with Crippen LogP contribution < -0.4 is 9.46 Å². The number of hydrogen-bond donors (Lipinski definition) is 1. The van der Waals surface area contributed by atoms with Crippen LogP contribution in [0.2, 0.25) is 0 Å². The lowest BCUT2D eigenvalue weighted by Crippen LogP contribution is -2.53. The second kappa shape index (κ2) is 11.6. The summed E-state index contributed by atoms with van der Waals surface area (Å²) in [5, 5.41) is 1.06. The fourth-order valence-electron chi connectivity index (χ4n) is 8.79. The number of nitrogens with zero attached hydrogens (tertiary/aromatic N) is 4. The third-order valence-electron chi connectivity index (χ3n) is 11.8. The second-order valence-corrected chi connectivity index (χ2v) is 16.6. The monoisotopic (exact) mass is 661 g/mol. The van der Waals surface area contributed by atoms with Gasteiger partial charge in [0.05, 0.1) is 18.2 Å². The minimum Gasteiger partial charge on any atom is -0.497 e. The Labute approximate surface area is 278 Å². The number of ether oxygens (including phenoxy) is 1. The molecule has 1 saturated carbocycles. The first-order chi connectivity index (χ1) is 22.3. The van der Waals surface area contributed by atoms with Crippen LogP contribution in [0.15, 0.2) is 36.4 Å². The molecule has 1 aromatic heterocycles. The van der Waals surface area contributed by atoms with E-state index >= 15 is 0 Å². The van der Waals surface area contributed by atoms with Crippen LogP contribution in [0.5, 0.6) is 5.75 Å². The maximum atomic E-state index is 14.9. The number of likely N-dealkylation sites (N-methyl/N-ethyl adjacent to an activating group) is 1. The van der Waals surface area contributed by atoms with E-state index in [1.165, 1.54) is 26.1 Å². The molecule has 3 aliphatic heterocycles. The number of methoxy groups -OCH3 is 1. The number of hydrogen-bond acceptors (Lipinski definition) is 6. The van der Waals surface area contributed by atoms with Crippen LogP contribution in [0.4, 0.5) is 0 Å². The summed E-state index contributed by atoms with van der Waals surface area (Å²) in [6.45, 7) is 6.36. The van der Waals surface area contributed by atoms with Crippen molar-refractivity contribution >= 4 is 32.9 Å². The molecule has 7 rings (SSSR count). The SMILES string of the molecule is COc1ccc2c(c1)[C@H](C)[C@@](C)(C(=O)N1CC3CC1CN3C)Cn1c-2c(C2CCCCC2)c2ccc(C(=O)NS(=O)(=O)N(C)C)cc21. The Balaban J connectivity index is 1.45. The molecule has 4 atom stereocenters. The highest BCUT2D eigenvalue weighted by Crippen LogP contribution is 2.53. The molecule has 47 heavy (non-hydrogen) atoms. The van der Waals surface area contributed by atoms with E-state index in [0.717, 1.165) is 83.0 Å². The average molecular weight is 662 g/mol. The van der Waals surface area contributed by atoms with Crippen molar-refractivity contribution in [2.75, 3.05) is 41.3 Å². The maximum absolute atomic E-state index is 14.9. The van der Waals surface area contributed by atoms with Crippen molar-refractivity contribution in [3.63, 3.8) is 0 Å². The molecule has 2 aromatic carbocycles. The number of amides is 2. The molecule has 4 heterocycles. The van der Waals surface area contributed by atoms with E-state index in [9.17, 15) is 18.0 Å². The number of carbonyl (C=O) groups is 2. The number of piperazine rings is 1. The lowest BCUT2D eigenvalue weighted by molar-refractivity contribution is -0.145. The zero-order chi connectivity index (χ0) is 33.4. The van der Waals surface area contributed by atoms with Crippen LogP contribution in [-0.4, -0.2) is 92.3 Å². The molecule has 3 fully saturated rings. The largest absolute Gasteiger partial charge is 0.497 e. The Kier molecular flexibility index (Phi) is 7.96. The third-order valence-corrected chi connectivity index (χ3v) is 13.2. The predicted octanol–water partition coefficient (Wildman–Crippen LogP) is 4.94. The molecular formula is C36H47N5O5S. The highest BCUT2D eigenvalue weighted by molar-refractivity contribution is 7.87. The number of benzene rings is 2. The summed E-state index contributed by atoms with van der Waals surface area (Å²) in [5.41, 5.74) is 4.88. The zero-order valence-corrected chi connectivity index (χ0v) is 29.2. The Morgan fingerprint density at radius 2 is 1.77 bits per heavy atom. The van der Waals surface area contributed by atoms with Gasteiger partial charge >= 0.3 is 10.2 Å². The van der Waals surface area contributed by atoms with Crippen LogP contribution >= 0.6 is 0 Å². The van der Waals surface area contributed by atoms with Gasteiger partial charge in [-0.15, -0.1) is 0 Å². The van der Waals surface area contributed by atoms with Crippen molar-refractivity contribution in [2.24, 2.45) is 5.41 Å². The van der Waals surface area contributed by atoms with Crippen LogP contribution in [0.3, 0.4) is 0 Å². The molecular weight excluding hydrogens is 614 g/mol. The normalized spacial score (nSPS) is 26.4. The van der Waals surface area contributed by atoms with Gasteiger partial charge in [0, 0.05) is 67.8 Å². The number of carbonyl (C=O) groups excluding carboxylic acids is 2. The van der Waals surface area contributed by atoms with Crippen LogP contribution in [0.1, 0.15) is 85.7 Å². The number of nitrogens with one attached hydrogen (secondary N) is 1. The lowest BCUT2D eigenvalue weighted by Gasteiger charge is -2.41. The maximum Gasteiger partial charge on any atom is 0.303 e. The van der Waals surface area contributed by atoms with Crippen molar-refractivity contribution in [3.8, 4) is 17.0 Å². The summed E-state index contributed by atoms with van der Waals surface area (Å²) in [5.74, 6) is 0.462. The first kappa shape index (κ1) is 32.2. The molecule has 2 amide bonds. The standard InChI is InChI=1S/C36H47N5O5S/c1-22-30-18-27(46-6)13-15-28(30)33-32(23-10-8-7-9-11-23)29-14-12-24(34(42)37-47(44,45)38(3)4)16-31(29)41(33)21-36(22,2)35(43)40-20-25-17-26(40)19-39(25)5/h12-16,18,22-23,25-26H,7-11,17,19-21H2,1-6H3,(H,37,42)/t22-,25?,26?,36-/m0/s1. The first-order valence-electron chi connectivity index (χ1n) is 16.9. The molecule has 11 heteroatoms. The van der Waals surface area contributed by atoms with Crippen LogP contribution in [-0.2, 0) is 21.5 Å². The van der Waals surface area contributed by atoms with Crippen LogP contribution in [0.25, 0.3) is 22.2 Å². The molecule has 4 aliphatic rings. The van der Waals surface area contributed by atoms with Gasteiger partial charge in [-0.25, -0.2) is 4.72 Å². The van der Waals surface area contributed by atoms with Crippen molar-refractivity contribution in [1.29, 1.82) is 0 Å². The topological polar surface area (TPSA) is 104 Å². The van der Waals surface area contributed by atoms with E-state index < -0.39 is 21.5 Å². The van der Waals surface area contributed by atoms with E-state index in [2.05, 4.69) is 52.1 Å². The lowest BCUT2D eigenvalue weighted by atomic mass is 9.72. The Bertz CT molecular complexity index is 1860. The minimum absolute atomic E-state index is 0.122. The predicted molar refractivity (Wildman–Crippen MR) is 183 cm³/mol. The van der Waals surface area contributed by atoms with Gasteiger partial charge in [0.15, 0.2) is 0 Å². The van der Waals surface area contributed by atoms with Gasteiger partial charge in [0.25, 0.3) is 5.91 Å². The molecule has 10 nitrogen and oxygen atoms in total. The fraction of sp³-hybridized carbons (Fsp3) is 0.556. The zero-order valence-electron chi connectivity index (χ0n) is 28.4. The third kappa shape index (κ3) is 5.16. The van der Waals surface area contributed by atoms with Crippen LogP contribution in [0, 0.1) is 5.41 Å². The fourth-order valence-corrected chi connectivity index (χ4v) is 9.32. The summed E-state index contributed by atoms with van der Waals surface area (Å²) < 4.78 is 36.4. The Morgan fingerprint density at radius 1 is 1.02 bits per heavy atom. The number of rotatable bonds is 6. The van der Waals surface area contributed by atoms with Gasteiger partial charge < -0.3 is 14.2 Å². The number of aromatic nitrogens is 1. The summed E-state index contributed by atoms with van der Waals surface area (Å²) in [6.07, 6.45) is 6.71. The Morgan fingerprint density at radius 3 is 2.40 bits per heavy atom. The summed E-state index contributed by atoms with van der Waals surface area (Å²) >= 11 is 0. The van der Waals surface area contributed by atoms with Gasteiger partial charge in [-0.2, -0.15) is 12.7 Å². The molecule has 3 aromatic rings. The quantitative estimate of drug-likeness (QED) is 0.402. The highest BCUT2D eigenvalue weighted by atomic mass is 32.2. The number of likely N-dealkylation sites (tertiary alicyclic amines) is 2. The molecule has 2 saturated heterocycles. The molecule has 2 unspecified atom stereocenters. The van der Waals surface area contributed by atoms with E-state index in [-0.39, 0.29) is 23.4 Å². The van der Waals surface area contributed by atoms with Crippen molar-refractivity contribution < 1.29 is 22.7 Å².